The second-order valence-electron chi connectivity index (χ2n) is 10.0. The summed E-state index contributed by atoms with van der Waals surface area (Å²) in [7, 11) is 0. The highest BCUT2D eigenvalue weighted by molar-refractivity contribution is 5.85. The van der Waals surface area contributed by atoms with Crippen LogP contribution in [0.15, 0.2) is 30.6 Å². The summed E-state index contributed by atoms with van der Waals surface area (Å²) in [6.07, 6.45) is 6.51. The molecule has 2 fully saturated rings. The molecule has 9 heteroatoms. The second-order valence-corrected chi connectivity index (χ2v) is 10.0. The van der Waals surface area contributed by atoms with Gasteiger partial charge in [-0.1, -0.05) is 6.07 Å². The Balaban J connectivity index is 1.12. The minimum absolute atomic E-state index is 0.214. The van der Waals surface area contributed by atoms with Crippen LogP contribution in [0.4, 0.5) is 10.3 Å². The SMILES string of the molecule is N#Cc1ccc2c(c1)CN(C1CCN(C(=O)C3(F)CCN(Cc4cnc(N)nc4)CC3)CC1)CC2. The molecule has 2 N–H and O–H groups in total. The molecule has 1 aromatic heterocycles. The van der Waals surface area contributed by atoms with Crippen LogP contribution in [0.5, 0.6) is 0 Å². The first kappa shape index (κ1) is 23.6. The second kappa shape index (κ2) is 9.88. The van der Waals surface area contributed by atoms with Crippen LogP contribution >= 0.6 is 0 Å². The van der Waals surface area contributed by atoms with E-state index in [0.717, 1.165) is 37.9 Å². The van der Waals surface area contributed by atoms with Crippen molar-refractivity contribution >= 4 is 11.9 Å². The number of hydrogen-bond acceptors (Lipinski definition) is 7. The molecule has 1 aromatic carbocycles. The topological polar surface area (TPSA) is 102 Å². The maximum atomic E-state index is 15.7. The fourth-order valence-electron chi connectivity index (χ4n) is 5.66. The fourth-order valence-corrected chi connectivity index (χ4v) is 5.66. The van der Waals surface area contributed by atoms with Crippen LogP contribution in [0.2, 0.25) is 0 Å². The highest BCUT2D eigenvalue weighted by atomic mass is 19.1. The highest BCUT2D eigenvalue weighted by Gasteiger charge is 2.45. The van der Waals surface area contributed by atoms with E-state index in [1.807, 2.05) is 12.1 Å². The molecule has 0 spiro atoms. The number of likely N-dealkylation sites (tertiary alicyclic amines) is 2. The summed E-state index contributed by atoms with van der Waals surface area (Å²) in [5.74, 6) is -0.100. The molecule has 0 bridgehead atoms. The summed E-state index contributed by atoms with van der Waals surface area (Å²) in [6.45, 7) is 4.71. The molecule has 184 valence electrons. The third-order valence-corrected chi connectivity index (χ3v) is 7.81. The van der Waals surface area contributed by atoms with Gasteiger partial charge >= 0.3 is 0 Å². The number of piperidine rings is 2. The number of nitrogens with two attached hydrogens (primary N) is 1. The number of anilines is 1. The van der Waals surface area contributed by atoms with E-state index in [-0.39, 0.29) is 24.7 Å². The van der Waals surface area contributed by atoms with Gasteiger partial charge in [-0.05, 0) is 42.5 Å². The Morgan fingerprint density at radius 1 is 1.11 bits per heavy atom. The molecule has 0 saturated carbocycles. The zero-order valence-electron chi connectivity index (χ0n) is 20.0. The van der Waals surface area contributed by atoms with Crippen LogP contribution in [0.1, 0.15) is 47.9 Å². The van der Waals surface area contributed by atoms with Crippen LogP contribution in [0.3, 0.4) is 0 Å². The number of hydrogen-bond donors (Lipinski definition) is 1. The molecule has 0 aliphatic carbocycles. The summed E-state index contributed by atoms with van der Waals surface area (Å²) >= 11 is 0. The smallest absolute Gasteiger partial charge is 0.260 e. The van der Waals surface area contributed by atoms with Crippen molar-refractivity contribution in [3.05, 3.63) is 52.8 Å². The number of carbonyl (C=O) groups is 1. The van der Waals surface area contributed by atoms with Gasteiger partial charge < -0.3 is 10.6 Å². The lowest BCUT2D eigenvalue weighted by molar-refractivity contribution is -0.149. The van der Waals surface area contributed by atoms with Gasteiger partial charge in [0.15, 0.2) is 5.67 Å². The number of rotatable bonds is 4. The molecule has 3 aliphatic rings. The number of aromatic nitrogens is 2. The number of carbonyl (C=O) groups excluding carboxylic acids is 1. The summed E-state index contributed by atoms with van der Waals surface area (Å²) in [4.78, 5) is 27.5. The van der Waals surface area contributed by atoms with Gasteiger partial charge in [-0.3, -0.25) is 14.6 Å². The molecular weight excluding hydrogens is 445 g/mol. The lowest BCUT2D eigenvalue weighted by Crippen LogP contribution is -2.55. The van der Waals surface area contributed by atoms with Crippen LogP contribution in [-0.2, 0) is 24.3 Å². The highest BCUT2D eigenvalue weighted by Crippen LogP contribution is 2.32. The van der Waals surface area contributed by atoms with Crippen LogP contribution in [0.25, 0.3) is 0 Å². The van der Waals surface area contributed by atoms with Crippen molar-refractivity contribution in [3.63, 3.8) is 0 Å². The number of fused-ring (bicyclic) bond motifs is 1. The predicted molar refractivity (Wildman–Crippen MR) is 130 cm³/mol. The molecule has 3 aliphatic heterocycles. The van der Waals surface area contributed by atoms with E-state index in [2.05, 4.69) is 31.9 Å². The summed E-state index contributed by atoms with van der Waals surface area (Å²) in [5.41, 5.74) is 7.95. The fraction of sp³-hybridized carbons (Fsp3) is 0.538. The molecule has 2 aromatic rings. The average Bonchev–Trinajstić information content (AvgIpc) is 2.90. The average molecular weight is 478 g/mol. The molecule has 4 heterocycles. The Labute approximate surface area is 205 Å². The first-order valence-electron chi connectivity index (χ1n) is 12.5. The quantitative estimate of drug-likeness (QED) is 0.721. The van der Waals surface area contributed by atoms with Crippen molar-refractivity contribution in [3.8, 4) is 6.07 Å². The van der Waals surface area contributed by atoms with Crippen LogP contribution in [-0.4, -0.2) is 75.0 Å². The first-order chi connectivity index (χ1) is 16.9. The van der Waals surface area contributed by atoms with Gasteiger partial charge in [-0.15, -0.1) is 0 Å². The number of alkyl halides is 1. The zero-order chi connectivity index (χ0) is 24.4. The Bertz CT molecular complexity index is 1100. The van der Waals surface area contributed by atoms with E-state index >= 15 is 4.39 Å². The van der Waals surface area contributed by atoms with Crippen molar-refractivity contribution in [2.75, 3.05) is 38.5 Å². The van der Waals surface area contributed by atoms with Gasteiger partial charge in [0.25, 0.3) is 5.91 Å². The van der Waals surface area contributed by atoms with E-state index in [1.54, 1.807) is 17.3 Å². The number of nitrogen functional groups attached to an aromatic ring is 1. The predicted octanol–water partition coefficient (Wildman–Crippen LogP) is 2.28. The van der Waals surface area contributed by atoms with Gasteiger partial charge in [0.05, 0.1) is 11.6 Å². The third-order valence-electron chi connectivity index (χ3n) is 7.81. The molecule has 1 amide bonds. The van der Waals surface area contributed by atoms with Crippen LogP contribution < -0.4 is 5.73 Å². The van der Waals surface area contributed by atoms with E-state index in [4.69, 9.17) is 5.73 Å². The molecule has 0 radical (unpaired) electrons. The number of nitrogens with zero attached hydrogens (tertiary/aromatic N) is 6. The molecule has 35 heavy (non-hydrogen) atoms. The first-order valence-corrected chi connectivity index (χ1v) is 12.5. The largest absolute Gasteiger partial charge is 0.368 e. The van der Waals surface area contributed by atoms with Crippen molar-refractivity contribution in [2.45, 2.75) is 56.9 Å². The normalized spacial score (nSPS) is 21.3. The van der Waals surface area contributed by atoms with Crippen molar-refractivity contribution < 1.29 is 9.18 Å². The summed E-state index contributed by atoms with van der Waals surface area (Å²) < 4.78 is 15.7. The maximum absolute atomic E-state index is 15.7. The molecular formula is C26H32FN7O. The Kier molecular flexibility index (Phi) is 6.67. The van der Waals surface area contributed by atoms with Gasteiger partial charge in [-0.25, -0.2) is 14.4 Å². The molecule has 5 rings (SSSR count). The summed E-state index contributed by atoms with van der Waals surface area (Å²) in [5, 5.41) is 9.21. The lowest BCUT2D eigenvalue weighted by atomic mass is 9.90. The number of amides is 1. The Morgan fingerprint density at radius 3 is 2.51 bits per heavy atom. The van der Waals surface area contributed by atoms with Crippen molar-refractivity contribution in [2.24, 2.45) is 0 Å². The number of halogens is 1. The number of nitriles is 1. The monoisotopic (exact) mass is 477 g/mol. The van der Waals surface area contributed by atoms with E-state index < -0.39 is 5.67 Å². The lowest BCUT2D eigenvalue weighted by Gasteiger charge is -2.43. The molecule has 0 atom stereocenters. The Hall–Kier alpha value is -3.09. The van der Waals surface area contributed by atoms with Crippen molar-refractivity contribution in [1.82, 2.24) is 24.7 Å². The summed E-state index contributed by atoms with van der Waals surface area (Å²) in [6, 6.07) is 8.58. The minimum Gasteiger partial charge on any atom is -0.368 e. The van der Waals surface area contributed by atoms with Gasteiger partial charge in [0, 0.05) is 82.7 Å². The van der Waals surface area contributed by atoms with Gasteiger partial charge in [-0.2, -0.15) is 5.26 Å². The molecule has 0 unspecified atom stereocenters. The standard InChI is InChI=1S/C26H32FN7O/c27-26(6-11-32(12-7-26)17-20-15-30-25(29)31-16-20)24(35)33-9-4-23(5-10-33)34-8-3-21-2-1-19(14-28)13-22(21)18-34/h1-2,13,15-16,23H,3-12,17-18H2,(H2,29,30,31). The van der Waals surface area contributed by atoms with E-state index in [9.17, 15) is 10.1 Å². The van der Waals surface area contributed by atoms with Crippen molar-refractivity contribution in [1.29, 1.82) is 5.26 Å². The van der Waals surface area contributed by atoms with E-state index in [1.165, 1.54) is 11.1 Å². The maximum Gasteiger partial charge on any atom is 0.260 e. The molecule has 2 saturated heterocycles. The minimum atomic E-state index is -1.78. The Morgan fingerprint density at radius 2 is 1.83 bits per heavy atom. The molecule has 8 nitrogen and oxygen atoms in total. The van der Waals surface area contributed by atoms with Gasteiger partial charge in [0.1, 0.15) is 0 Å². The number of benzene rings is 1. The van der Waals surface area contributed by atoms with Crippen LogP contribution in [0, 0.1) is 11.3 Å². The van der Waals surface area contributed by atoms with E-state index in [0.29, 0.717) is 44.3 Å². The zero-order valence-corrected chi connectivity index (χ0v) is 20.0. The third kappa shape index (κ3) is 5.14. The van der Waals surface area contributed by atoms with Gasteiger partial charge in [0.2, 0.25) is 5.95 Å².